The zero-order chi connectivity index (χ0) is 13.0. The van der Waals surface area contributed by atoms with Gasteiger partial charge in [-0.2, -0.15) is 5.26 Å². The maximum Gasteiger partial charge on any atom is 0.101 e. The van der Waals surface area contributed by atoms with Crippen molar-refractivity contribution in [3.05, 3.63) is 45.4 Å². The standard InChI is InChI=1S/C13H12ClN3S/c1-17(6-4-13-16-5-7-18-13)12-3-2-11(14)8-10(12)9-15/h2-3,5,7-8H,4,6H2,1H3. The molecule has 1 heterocycles. The Hall–Kier alpha value is -1.57. The first kappa shape index (κ1) is 12.9. The summed E-state index contributed by atoms with van der Waals surface area (Å²) in [5.41, 5.74) is 1.50. The van der Waals surface area contributed by atoms with E-state index in [4.69, 9.17) is 16.9 Å². The molecule has 0 aliphatic heterocycles. The van der Waals surface area contributed by atoms with Crippen molar-refractivity contribution in [2.45, 2.75) is 6.42 Å². The minimum absolute atomic E-state index is 0.587. The van der Waals surface area contributed by atoms with Crippen molar-refractivity contribution in [2.24, 2.45) is 0 Å². The van der Waals surface area contributed by atoms with E-state index < -0.39 is 0 Å². The molecule has 3 nitrogen and oxygen atoms in total. The highest BCUT2D eigenvalue weighted by atomic mass is 35.5. The van der Waals surface area contributed by atoms with Crippen LogP contribution in [0.3, 0.4) is 0 Å². The van der Waals surface area contributed by atoms with Crippen molar-refractivity contribution in [1.82, 2.24) is 4.98 Å². The van der Waals surface area contributed by atoms with Crippen LogP contribution >= 0.6 is 22.9 Å². The van der Waals surface area contributed by atoms with Crippen LogP contribution < -0.4 is 4.90 Å². The molecule has 0 aliphatic carbocycles. The molecule has 1 aromatic heterocycles. The number of nitriles is 1. The SMILES string of the molecule is CN(CCc1nccs1)c1ccc(Cl)cc1C#N. The second-order valence-corrected chi connectivity index (χ2v) is 5.29. The molecule has 0 atom stereocenters. The van der Waals surface area contributed by atoms with Crippen LogP contribution in [0.15, 0.2) is 29.8 Å². The molecule has 5 heteroatoms. The van der Waals surface area contributed by atoms with E-state index in [1.54, 1.807) is 23.5 Å². The average molecular weight is 278 g/mol. The van der Waals surface area contributed by atoms with Gasteiger partial charge in [0.25, 0.3) is 0 Å². The van der Waals surface area contributed by atoms with Crippen molar-refractivity contribution in [1.29, 1.82) is 5.26 Å². The highest BCUT2D eigenvalue weighted by molar-refractivity contribution is 7.09. The lowest BCUT2D eigenvalue weighted by Gasteiger charge is -2.20. The maximum atomic E-state index is 9.10. The Kier molecular flexibility index (Phi) is 4.19. The Morgan fingerprint density at radius 1 is 1.50 bits per heavy atom. The Balaban J connectivity index is 2.09. The fourth-order valence-corrected chi connectivity index (χ4v) is 2.47. The summed E-state index contributed by atoms with van der Waals surface area (Å²) < 4.78 is 0. The molecule has 0 fully saturated rings. The van der Waals surface area contributed by atoms with Gasteiger partial charge in [-0.15, -0.1) is 11.3 Å². The number of nitrogens with zero attached hydrogens (tertiary/aromatic N) is 3. The van der Waals surface area contributed by atoms with Gasteiger partial charge >= 0.3 is 0 Å². The molecule has 1 aromatic carbocycles. The van der Waals surface area contributed by atoms with Crippen LogP contribution in [0.25, 0.3) is 0 Å². The van der Waals surface area contributed by atoms with Gasteiger partial charge in [0.2, 0.25) is 0 Å². The first-order valence-electron chi connectivity index (χ1n) is 5.50. The van der Waals surface area contributed by atoms with E-state index in [9.17, 15) is 0 Å². The van der Waals surface area contributed by atoms with Gasteiger partial charge in [-0.25, -0.2) is 4.98 Å². The number of aromatic nitrogens is 1. The van der Waals surface area contributed by atoms with Gasteiger partial charge in [0.1, 0.15) is 6.07 Å². The van der Waals surface area contributed by atoms with E-state index in [0.717, 1.165) is 23.7 Å². The molecule has 0 amide bonds. The van der Waals surface area contributed by atoms with Crippen LogP contribution in [-0.4, -0.2) is 18.6 Å². The fraction of sp³-hybridized carbons (Fsp3) is 0.231. The van der Waals surface area contributed by atoms with E-state index in [1.807, 2.05) is 24.7 Å². The smallest absolute Gasteiger partial charge is 0.101 e. The fourth-order valence-electron chi connectivity index (χ4n) is 1.69. The summed E-state index contributed by atoms with van der Waals surface area (Å²) in [5.74, 6) is 0. The van der Waals surface area contributed by atoms with Crippen LogP contribution in [0.1, 0.15) is 10.6 Å². The molecule has 0 N–H and O–H groups in total. The minimum atomic E-state index is 0.587. The Morgan fingerprint density at radius 2 is 2.33 bits per heavy atom. The van der Waals surface area contributed by atoms with Crippen LogP contribution in [0.5, 0.6) is 0 Å². The van der Waals surface area contributed by atoms with Crippen LogP contribution in [0.4, 0.5) is 5.69 Å². The molecule has 0 bridgehead atoms. The van der Waals surface area contributed by atoms with Crippen molar-refractivity contribution >= 4 is 28.6 Å². The number of hydrogen-bond acceptors (Lipinski definition) is 4. The van der Waals surface area contributed by atoms with Crippen LogP contribution in [0.2, 0.25) is 5.02 Å². The maximum absolute atomic E-state index is 9.10. The van der Waals surface area contributed by atoms with Crippen molar-refractivity contribution < 1.29 is 0 Å². The number of hydrogen-bond donors (Lipinski definition) is 0. The van der Waals surface area contributed by atoms with E-state index in [-0.39, 0.29) is 0 Å². The molecule has 2 rings (SSSR count). The average Bonchev–Trinajstić information content (AvgIpc) is 2.88. The summed E-state index contributed by atoms with van der Waals surface area (Å²) in [6.07, 6.45) is 2.69. The van der Waals surface area contributed by atoms with Crippen LogP contribution in [0, 0.1) is 11.3 Å². The van der Waals surface area contributed by atoms with E-state index in [0.29, 0.717) is 10.6 Å². The number of benzene rings is 1. The molecule has 0 aliphatic rings. The van der Waals surface area contributed by atoms with Gasteiger partial charge in [-0.1, -0.05) is 11.6 Å². The number of rotatable bonds is 4. The summed E-state index contributed by atoms with van der Waals surface area (Å²) in [7, 11) is 1.97. The molecule has 0 spiro atoms. The van der Waals surface area contributed by atoms with Gasteiger partial charge in [0.15, 0.2) is 0 Å². The molecule has 0 saturated carbocycles. The summed E-state index contributed by atoms with van der Waals surface area (Å²) in [5, 5.41) is 12.8. The summed E-state index contributed by atoms with van der Waals surface area (Å²) in [6, 6.07) is 7.54. The van der Waals surface area contributed by atoms with E-state index in [1.165, 1.54) is 0 Å². The molecule has 0 saturated heterocycles. The zero-order valence-corrected chi connectivity index (χ0v) is 11.5. The first-order valence-corrected chi connectivity index (χ1v) is 6.75. The topological polar surface area (TPSA) is 39.9 Å². The number of anilines is 1. The van der Waals surface area contributed by atoms with Gasteiger partial charge in [0.05, 0.1) is 16.3 Å². The largest absolute Gasteiger partial charge is 0.373 e. The molecule has 0 radical (unpaired) electrons. The van der Waals surface area contributed by atoms with Gasteiger partial charge in [0, 0.05) is 36.6 Å². The second kappa shape index (κ2) is 5.85. The van der Waals surface area contributed by atoms with E-state index in [2.05, 4.69) is 16.0 Å². The zero-order valence-electron chi connectivity index (χ0n) is 9.93. The second-order valence-electron chi connectivity index (χ2n) is 3.87. The summed E-state index contributed by atoms with van der Waals surface area (Å²) in [4.78, 5) is 6.30. The van der Waals surface area contributed by atoms with Crippen molar-refractivity contribution in [3.8, 4) is 6.07 Å². The predicted molar refractivity (Wildman–Crippen MR) is 75.3 cm³/mol. The summed E-state index contributed by atoms with van der Waals surface area (Å²) >= 11 is 7.53. The predicted octanol–water partition coefficient (Wildman–Crippen LogP) is 3.35. The number of halogens is 1. The minimum Gasteiger partial charge on any atom is -0.373 e. The van der Waals surface area contributed by atoms with Gasteiger partial charge in [-0.05, 0) is 18.2 Å². The third-order valence-corrected chi connectivity index (χ3v) is 3.71. The molecule has 0 unspecified atom stereocenters. The highest BCUT2D eigenvalue weighted by Crippen LogP contribution is 2.23. The molecule has 18 heavy (non-hydrogen) atoms. The quantitative estimate of drug-likeness (QED) is 0.860. The van der Waals surface area contributed by atoms with Gasteiger partial charge in [-0.3, -0.25) is 0 Å². The van der Waals surface area contributed by atoms with Crippen molar-refractivity contribution in [2.75, 3.05) is 18.5 Å². The Morgan fingerprint density at radius 3 is 3.00 bits per heavy atom. The van der Waals surface area contributed by atoms with E-state index >= 15 is 0 Å². The lowest BCUT2D eigenvalue weighted by molar-refractivity contribution is 0.868. The highest BCUT2D eigenvalue weighted by Gasteiger charge is 2.08. The lowest BCUT2D eigenvalue weighted by Crippen LogP contribution is -2.21. The molecule has 92 valence electrons. The molecular formula is C13H12ClN3S. The lowest BCUT2D eigenvalue weighted by atomic mass is 10.2. The summed E-state index contributed by atoms with van der Waals surface area (Å²) in [6.45, 7) is 0.823. The van der Waals surface area contributed by atoms with Crippen molar-refractivity contribution in [3.63, 3.8) is 0 Å². The van der Waals surface area contributed by atoms with Gasteiger partial charge < -0.3 is 4.90 Å². The monoisotopic (exact) mass is 277 g/mol. The molecular weight excluding hydrogens is 266 g/mol. The third kappa shape index (κ3) is 3.00. The Bertz CT molecular complexity index is 560. The van der Waals surface area contributed by atoms with Crippen LogP contribution in [-0.2, 0) is 6.42 Å². The Labute approximate surface area is 115 Å². The normalized spacial score (nSPS) is 10.1. The molecule has 2 aromatic rings. The number of thiazole rings is 1. The third-order valence-electron chi connectivity index (χ3n) is 2.63. The number of likely N-dealkylation sites (N-methyl/N-ethyl adjacent to an activating group) is 1. The first-order chi connectivity index (χ1) is 8.70.